The summed E-state index contributed by atoms with van der Waals surface area (Å²) in [5.74, 6) is 0.682. The lowest BCUT2D eigenvalue weighted by atomic mass is 9.95. The lowest BCUT2D eigenvalue weighted by Crippen LogP contribution is -2.44. The zero-order valence-electron chi connectivity index (χ0n) is 10.8. The quantitative estimate of drug-likeness (QED) is 0.776. The molecule has 1 saturated heterocycles. The van der Waals surface area contributed by atoms with E-state index in [4.69, 9.17) is 4.74 Å². The molecule has 4 nitrogen and oxygen atoms in total. The maximum atomic E-state index is 11.4. The third-order valence-electron chi connectivity index (χ3n) is 3.10. The van der Waals surface area contributed by atoms with Crippen molar-refractivity contribution in [2.45, 2.75) is 38.8 Å². The highest BCUT2D eigenvalue weighted by molar-refractivity contribution is 5.77. The first-order chi connectivity index (χ1) is 7.50. The van der Waals surface area contributed by atoms with E-state index in [-0.39, 0.29) is 5.91 Å². The van der Waals surface area contributed by atoms with Crippen LogP contribution in [0.15, 0.2) is 0 Å². The van der Waals surface area contributed by atoms with Crippen LogP contribution in [-0.2, 0) is 9.53 Å². The van der Waals surface area contributed by atoms with Crippen molar-refractivity contribution in [1.82, 2.24) is 10.2 Å². The summed E-state index contributed by atoms with van der Waals surface area (Å²) >= 11 is 0. The standard InChI is InChI=1S/C12H24N2O2/c1-9(2)11-7-10(5-6-16-11)13-8-12(15)14(3)4/h9-11,13H,5-8H2,1-4H3. The van der Waals surface area contributed by atoms with Crippen LogP contribution in [0.4, 0.5) is 0 Å². The molecule has 2 unspecified atom stereocenters. The summed E-state index contributed by atoms with van der Waals surface area (Å²) < 4.78 is 5.69. The molecule has 94 valence electrons. The zero-order valence-corrected chi connectivity index (χ0v) is 10.8. The van der Waals surface area contributed by atoms with Crippen molar-refractivity contribution in [1.29, 1.82) is 0 Å². The van der Waals surface area contributed by atoms with Crippen molar-refractivity contribution in [3.63, 3.8) is 0 Å². The smallest absolute Gasteiger partial charge is 0.236 e. The molecule has 0 spiro atoms. The molecular formula is C12H24N2O2. The minimum Gasteiger partial charge on any atom is -0.378 e. The lowest BCUT2D eigenvalue weighted by Gasteiger charge is -2.32. The summed E-state index contributed by atoms with van der Waals surface area (Å²) in [4.78, 5) is 13.1. The number of nitrogens with zero attached hydrogens (tertiary/aromatic N) is 1. The first-order valence-electron chi connectivity index (χ1n) is 6.06. The van der Waals surface area contributed by atoms with Gasteiger partial charge in [-0.1, -0.05) is 13.8 Å². The van der Waals surface area contributed by atoms with Crippen LogP contribution in [0.25, 0.3) is 0 Å². The SMILES string of the molecule is CC(C)C1CC(NCC(=O)N(C)C)CCO1. The van der Waals surface area contributed by atoms with E-state index in [1.807, 2.05) is 0 Å². The van der Waals surface area contributed by atoms with Gasteiger partial charge in [0.05, 0.1) is 12.6 Å². The Morgan fingerprint density at radius 2 is 2.19 bits per heavy atom. The maximum absolute atomic E-state index is 11.4. The maximum Gasteiger partial charge on any atom is 0.236 e. The molecule has 1 heterocycles. The van der Waals surface area contributed by atoms with Crippen molar-refractivity contribution < 1.29 is 9.53 Å². The van der Waals surface area contributed by atoms with Gasteiger partial charge in [0.15, 0.2) is 0 Å². The number of ether oxygens (including phenoxy) is 1. The molecule has 4 heteroatoms. The van der Waals surface area contributed by atoms with Crippen LogP contribution < -0.4 is 5.32 Å². The molecule has 0 saturated carbocycles. The number of amides is 1. The van der Waals surface area contributed by atoms with E-state index in [0.29, 0.717) is 24.6 Å². The Morgan fingerprint density at radius 1 is 1.50 bits per heavy atom. The number of likely N-dealkylation sites (N-methyl/N-ethyl adjacent to an activating group) is 1. The van der Waals surface area contributed by atoms with E-state index in [1.165, 1.54) is 0 Å². The molecule has 0 aliphatic carbocycles. The van der Waals surface area contributed by atoms with Gasteiger partial charge in [-0.05, 0) is 18.8 Å². The Morgan fingerprint density at radius 3 is 2.75 bits per heavy atom. The third kappa shape index (κ3) is 4.10. The largest absolute Gasteiger partial charge is 0.378 e. The Bertz CT molecular complexity index is 229. The summed E-state index contributed by atoms with van der Waals surface area (Å²) in [5, 5.41) is 3.32. The Hall–Kier alpha value is -0.610. The molecular weight excluding hydrogens is 204 g/mol. The van der Waals surface area contributed by atoms with Gasteiger partial charge in [0.25, 0.3) is 0 Å². The summed E-state index contributed by atoms with van der Waals surface area (Å²) in [6, 6.07) is 0.421. The van der Waals surface area contributed by atoms with Gasteiger partial charge in [0.1, 0.15) is 0 Å². The van der Waals surface area contributed by atoms with E-state index in [1.54, 1.807) is 19.0 Å². The van der Waals surface area contributed by atoms with Gasteiger partial charge in [-0.3, -0.25) is 4.79 Å². The lowest BCUT2D eigenvalue weighted by molar-refractivity contribution is -0.128. The van der Waals surface area contributed by atoms with Crippen molar-refractivity contribution in [3.8, 4) is 0 Å². The summed E-state index contributed by atoms with van der Waals surface area (Å²) in [6.45, 7) is 5.59. The summed E-state index contributed by atoms with van der Waals surface area (Å²) in [7, 11) is 3.57. The average molecular weight is 228 g/mol. The highest BCUT2D eigenvalue weighted by Crippen LogP contribution is 2.19. The van der Waals surface area contributed by atoms with E-state index in [0.717, 1.165) is 19.4 Å². The molecule has 1 N–H and O–H groups in total. The predicted molar refractivity (Wildman–Crippen MR) is 64.3 cm³/mol. The minimum absolute atomic E-state index is 0.132. The molecule has 1 fully saturated rings. The first kappa shape index (κ1) is 13.5. The topological polar surface area (TPSA) is 41.6 Å². The Labute approximate surface area is 98.3 Å². The van der Waals surface area contributed by atoms with Crippen LogP contribution >= 0.6 is 0 Å². The van der Waals surface area contributed by atoms with Gasteiger partial charge in [-0.2, -0.15) is 0 Å². The van der Waals surface area contributed by atoms with E-state index >= 15 is 0 Å². The normalized spacial score (nSPS) is 25.8. The Kier molecular flexibility index (Phi) is 5.22. The monoisotopic (exact) mass is 228 g/mol. The zero-order chi connectivity index (χ0) is 12.1. The fourth-order valence-corrected chi connectivity index (χ4v) is 1.87. The van der Waals surface area contributed by atoms with Gasteiger partial charge in [-0.15, -0.1) is 0 Å². The fourth-order valence-electron chi connectivity index (χ4n) is 1.87. The highest BCUT2D eigenvalue weighted by Gasteiger charge is 2.24. The second-order valence-electron chi connectivity index (χ2n) is 5.04. The molecule has 2 atom stereocenters. The second kappa shape index (κ2) is 6.21. The van der Waals surface area contributed by atoms with Crippen LogP contribution in [0.5, 0.6) is 0 Å². The minimum atomic E-state index is 0.132. The van der Waals surface area contributed by atoms with E-state index in [2.05, 4.69) is 19.2 Å². The van der Waals surface area contributed by atoms with Crippen LogP contribution in [0.1, 0.15) is 26.7 Å². The number of carbonyl (C=O) groups is 1. The molecule has 1 rings (SSSR count). The number of hydrogen-bond acceptors (Lipinski definition) is 3. The molecule has 1 amide bonds. The van der Waals surface area contributed by atoms with Crippen molar-refractivity contribution in [3.05, 3.63) is 0 Å². The first-order valence-corrected chi connectivity index (χ1v) is 6.06. The second-order valence-corrected chi connectivity index (χ2v) is 5.04. The number of nitrogens with one attached hydrogen (secondary N) is 1. The third-order valence-corrected chi connectivity index (χ3v) is 3.10. The number of hydrogen-bond donors (Lipinski definition) is 1. The average Bonchev–Trinajstić information content (AvgIpc) is 2.26. The van der Waals surface area contributed by atoms with Crippen LogP contribution in [-0.4, -0.2) is 50.2 Å². The van der Waals surface area contributed by atoms with Crippen molar-refractivity contribution in [2.75, 3.05) is 27.2 Å². The molecule has 0 aromatic rings. The molecule has 16 heavy (non-hydrogen) atoms. The van der Waals surface area contributed by atoms with Crippen LogP contribution in [0, 0.1) is 5.92 Å². The van der Waals surface area contributed by atoms with Crippen LogP contribution in [0.2, 0.25) is 0 Å². The van der Waals surface area contributed by atoms with Crippen molar-refractivity contribution in [2.24, 2.45) is 5.92 Å². The Balaban J connectivity index is 2.29. The highest BCUT2D eigenvalue weighted by atomic mass is 16.5. The number of carbonyl (C=O) groups excluding carboxylic acids is 1. The van der Waals surface area contributed by atoms with E-state index in [9.17, 15) is 4.79 Å². The molecule has 0 aromatic carbocycles. The van der Waals surface area contributed by atoms with E-state index < -0.39 is 0 Å². The molecule has 0 radical (unpaired) electrons. The van der Waals surface area contributed by atoms with Crippen molar-refractivity contribution >= 4 is 5.91 Å². The van der Waals surface area contributed by atoms with Gasteiger partial charge >= 0.3 is 0 Å². The molecule has 1 aliphatic rings. The van der Waals surface area contributed by atoms with Gasteiger partial charge in [0, 0.05) is 26.7 Å². The molecule has 0 bridgehead atoms. The molecule has 0 aromatic heterocycles. The summed E-state index contributed by atoms with van der Waals surface area (Å²) in [6.07, 6.45) is 2.35. The summed E-state index contributed by atoms with van der Waals surface area (Å²) in [5.41, 5.74) is 0. The predicted octanol–water partition coefficient (Wildman–Crippen LogP) is 0.868. The van der Waals surface area contributed by atoms with Gasteiger partial charge < -0.3 is 15.0 Å². The fraction of sp³-hybridized carbons (Fsp3) is 0.917. The van der Waals surface area contributed by atoms with Gasteiger partial charge in [-0.25, -0.2) is 0 Å². The number of rotatable bonds is 4. The molecule has 1 aliphatic heterocycles. The van der Waals surface area contributed by atoms with Crippen LogP contribution in [0.3, 0.4) is 0 Å². The van der Waals surface area contributed by atoms with Gasteiger partial charge in [0.2, 0.25) is 5.91 Å².